The number of ether oxygens (including phenoxy) is 2. The van der Waals surface area contributed by atoms with Gasteiger partial charge in [0.25, 0.3) is 5.91 Å². The quantitative estimate of drug-likeness (QED) is 0.0631. The van der Waals surface area contributed by atoms with E-state index in [-0.39, 0.29) is 30.5 Å². The number of aliphatic hydroxyl groups is 1. The fourth-order valence-corrected chi connectivity index (χ4v) is 6.28. The second-order valence-corrected chi connectivity index (χ2v) is 13.8. The minimum Gasteiger partial charge on any atom is -0.391 e. The Bertz CT molecular complexity index is 2280. The van der Waals surface area contributed by atoms with E-state index in [0.29, 0.717) is 12.8 Å². The second-order valence-electron chi connectivity index (χ2n) is 13.8. The number of nitrogens with one attached hydrogen (secondary N) is 1. The van der Waals surface area contributed by atoms with Gasteiger partial charge < -0.3 is 19.9 Å². The Morgan fingerprint density at radius 2 is 1.00 bits per heavy atom. The first-order chi connectivity index (χ1) is 30.5. The largest absolute Gasteiger partial charge is 0.391 e. The van der Waals surface area contributed by atoms with Gasteiger partial charge in [0.2, 0.25) is 0 Å². The maximum atomic E-state index is 12.9. The smallest absolute Gasteiger partial charge is 0.297 e. The Kier molecular flexibility index (Phi) is 32.7. The molecule has 1 fully saturated rings. The van der Waals surface area contributed by atoms with Gasteiger partial charge in [-0.15, -0.1) is 26.3 Å². The van der Waals surface area contributed by atoms with E-state index in [0.717, 1.165) is 19.3 Å². The zero-order valence-corrected chi connectivity index (χ0v) is 36.5. The monoisotopic (exact) mass is 819 g/mol. The zero-order valence-electron chi connectivity index (χ0n) is 36.5. The van der Waals surface area contributed by atoms with Crippen molar-refractivity contribution in [2.24, 2.45) is 17.8 Å². The Balaban J connectivity index is 2.84. The van der Waals surface area contributed by atoms with Crippen molar-refractivity contribution in [2.75, 3.05) is 6.61 Å². The van der Waals surface area contributed by atoms with Crippen LogP contribution in [-0.4, -0.2) is 42.2 Å². The molecule has 0 radical (unpaired) electrons. The lowest BCUT2D eigenvalue weighted by atomic mass is 9.75. The molecule has 1 amide bonds. The summed E-state index contributed by atoms with van der Waals surface area (Å²) < 4.78 is 12.7. The summed E-state index contributed by atoms with van der Waals surface area (Å²) in [5.74, 6) is 59.8. The number of rotatable bonds is 23. The van der Waals surface area contributed by atoms with Crippen LogP contribution in [0.25, 0.3) is 0 Å². The highest BCUT2D eigenvalue weighted by Crippen LogP contribution is 2.39. The van der Waals surface area contributed by atoms with Crippen molar-refractivity contribution in [2.45, 2.75) is 128 Å². The Hall–Kier alpha value is -6.97. The van der Waals surface area contributed by atoms with Crippen molar-refractivity contribution >= 4 is 5.91 Å². The summed E-state index contributed by atoms with van der Waals surface area (Å²) in [6.45, 7) is 19.9. The standard InChI is InChI=1S/C57H57NO4/c1-7-13-15-17-19-21-23-25-26-27-28-29-30-31-32-33-34-35-37-39-41-43-45-48-56(60)58-53(54(59)47-44-42-40-38-36-24-22-20-18-16-14-8-2)49-61-57-52(12-6)50(10-4)51(11-5)55(62-57)46-9-3/h9-12,50-55,57,59H,3-6,8,14,16,18,20,22,24,36,38,40,42,44,46-47,49H2,1-2H3,(H,58,60)/t50-,51+,52?,53-,54+,55?,57-/m0/s1. The molecule has 0 aliphatic carbocycles. The van der Waals surface area contributed by atoms with E-state index in [9.17, 15) is 9.90 Å². The van der Waals surface area contributed by atoms with E-state index >= 15 is 0 Å². The van der Waals surface area contributed by atoms with Crippen LogP contribution in [0.3, 0.4) is 0 Å². The number of hydrogen-bond donors (Lipinski definition) is 2. The number of amides is 1. The first-order valence-electron chi connectivity index (χ1n) is 21.1. The van der Waals surface area contributed by atoms with E-state index < -0.39 is 24.3 Å². The van der Waals surface area contributed by atoms with E-state index in [4.69, 9.17) is 9.47 Å². The third-order valence-electron chi connectivity index (χ3n) is 9.34. The number of allylic oxidation sites excluding steroid dienone is 1. The highest BCUT2D eigenvalue weighted by Gasteiger charge is 2.42. The van der Waals surface area contributed by atoms with Crippen LogP contribution < -0.4 is 5.32 Å². The van der Waals surface area contributed by atoms with Gasteiger partial charge in [-0.1, -0.05) is 114 Å². The van der Waals surface area contributed by atoms with Gasteiger partial charge in [-0.2, -0.15) is 0 Å². The molecule has 0 spiro atoms. The lowest BCUT2D eigenvalue weighted by Crippen LogP contribution is -2.50. The fraction of sp³-hybridized carbons (Fsp3) is 0.421. The molecule has 0 bridgehead atoms. The minimum atomic E-state index is -0.865. The predicted molar refractivity (Wildman–Crippen MR) is 253 cm³/mol. The molecular weight excluding hydrogens is 763 g/mol. The Labute approximate surface area is 374 Å². The van der Waals surface area contributed by atoms with Crippen LogP contribution in [0, 0.1) is 160 Å². The normalized spacial score (nSPS) is 16.7. The first kappa shape index (κ1) is 53.0. The van der Waals surface area contributed by atoms with Gasteiger partial charge >= 0.3 is 0 Å². The van der Waals surface area contributed by atoms with E-state index in [2.05, 4.69) is 181 Å². The van der Waals surface area contributed by atoms with E-state index in [1.54, 1.807) is 19.1 Å². The highest BCUT2D eigenvalue weighted by molar-refractivity contribution is 5.94. The van der Waals surface area contributed by atoms with Gasteiger partial charge in [-0.05, 0) is 120 Å². The molecule has 5 nitrogen and oxygen atoms in total. The average molecular weight is 820 g/mol. The summed E-state index contributed by atoms with van der Waals surface area (Å²) in [4.78, 5) is 12.9. The molecule has 0 aromatic carbocycles. The molecule has 1 rings (SSSR count). The molecule has 314 valence electrons. The molecular formula is C57H57NO4. The molecule has 0 aromatic rings. The maximum Gasteiger partial charge on any atom is 0.297 e. The lowest BCUT2D eigenvalue weighted by Gasteiger charge is -2.44. The molecule has 1 saturated heterocycles. The first-order valence-corrected chi connectivity index (χ1v) is 21.1. The molecule has 1 aliphatic rings. The predicted octanol–water partition coefficient (Wildman–Crippen LogP) is 7.71. The number of carbonyl (C=O) groups excluding carboxylic acids is 1. The number of carbonyl (C=O) groups is 1. The van der Waals surface area contributed by atoms with Gasteiger partial charge in [0.05, 0.1) is 24.9 Å². The second kappa shape index (κ2) is 38.2. The Morgan fingerprint density at radius 3 is 1.40 bits per heavy atom. The molecule has 62 heavy (non-hydrogen) atoms. The van der Waals surface area contributed by atoms with Gasteiger partial charge in [-0.25, -0.2) is 0 Å². The third-order valence-corrected chi connectivity index (χ3v) is 9.34. The van der Waals surface area contributed by atoms with Crippen molar-refractivity contribution in [3.8, 4) is 142 Å². The SMILES string of the molecule is C=CCC1O[C@H](OC[C@H](NC(=O)C#CC#CC#CC#CC#CC#CC#CC#CC#CC#CC#CC#CC)[C@H](O)CCCCCCCCCCCCCC)C(C=C)[C@@H](C=C)[C@H]1C=C. The Morgan fingerprint density at radius 1 is 0.597 bits per heavy atom. The summed E-state index contributed by atoms with van der Waals surface area (Å²) in [7, 11) is 0. The van der Waals surface area contributed by atoms with Crippen molar-refractivity contribution in [3.63, 3.8) is 0 Å². The van der Waals surface area contributed by atoms with Crippen LogP contribution in [-0.2, 0) is 14.3 Å². The number of aliphatic hydroxyl groups excluding tert-OH is 1. The summed E-state index contributed by atoms with van der Waals surface area (Å²) in [5.41, 5.74) is 0. The van der Waals surface area contributed by atoms with Crippen LogP contribution in [0.5, 0.6) is 0 Å². The number of unbranched alkanes of at least 4 members (excludes halogenated alkanes) is 11. The van der Waals surface area contributed by atoms with Gasteiger partial charge in [-0.3, -0.25) is 4.79 Å². The van der Waals surface area contributed by atoms with Crippen molar-refractivity contribution in [1.29, 1.82) is 0 Å². The van der Waals surface area contributed by atoms with Crippen LogP contribution in [0.2, 0.25) is 0 Å². The lowest BCUT2D eigenvalue weighted by molar-refractivity contribution is -0.236. The molecule has 2 unspecified atom stereocenters. The van der Waals surface area contributed by atoms with Crippen LogP contribution in [0.1, 0.15) is 104 Å². The van der Waals surface area contributed by atoms with Crippen molar-refractivity contribution < 1.29 is 19.4 Å². The van der Waals surface area contributed by atoms with Gasteiger partial charge in [0.1, 0.15) is 0 Å². The average Bonchev–Trinajstić information content (AvgIpc) is 3.28. The molecule has 0 aromatic heterocycles. The van der Waals surface area contributed by atoms with Crippen LogP contribution >= 0.6 is 0 Å². The molecule has 1 aliphatic heterocycles. The van der Waals surface area contributed by atoms with Crippen molar-refractivity contribution in [1.82, 2.24) is 5.32 Å². The topological polar surface area (TPSA) is 67.8 Å². The molecule has 5 heteroatoms. The maximum absolute atomic E-state index is 12.9. The number of hydrogen-bond acceptors (Lipinski definition) is 4. The highest BCUT2D eigenvalue weighted by atomic mass is 16.7. The molecule has 7 atom stereocenters. The molecule has 2 N–H and O–H groups in total. The van der Waals surface area contributed by atoms with Crippen LogP contribution in [0.4, 0.5) is 0 Å². The van der Waals surface area contributed by atoms with Gasteiger partial charge in [0.15, 0.2) is 6.29 Å². The zero-order chi connectivity index (χ0) is 45.1. The minimum absolute atomic E-state index is 0.00227. The summed E-state index contributed by atoms with van der Waals surface area (Å²) in [5, 5.41) is 14.1. The molecule has 1 heterocycles. The fourth-order valence-electron chi connectivity index (χ4n) is 6.28. The van der Waals surface area contributed by atoms with E-state index in [1.165, 1.54) is 57.8 Å². The molecule has 0 saturated carbocycles. The van der Waals surface area contributed by atoms with E-state index in [1.807, 2.05) is 12.2 Å². The van der Waals surface area contributed by atoms with Crippen molar-refractivity contribution in [3.05, 3.63) is 50.6 Å². The summed E-state index contributed by atoms with van der Waals surface area (Å²) >= 11 is 0. The van der Waals surface area contributed by atoms with Crippen LogP contribution in [0.15, 0.2) is 50.6 Å². The summed E-state index contributed by atoms with van der Waals surface area (Å²) in [6.07, 6.45) is 21.3. The summed E-state index contributed by atoms with van der Waals surface area (Å²) in [6, 6.07) is -0.742. The third kappa shape index (κ3) is 26.2. The van der Waals surface area contributed by atoms with Gasteiger partial charge in [0, 0.05) is 53.3 Å².